The maximum absolute atomic E-state index is 11.8. The summed E-state index contributed by atoms with van der Waals surface area (Å²) < 4.78 is 4.97. The summed E-state index contributed by atoms with van der Waals surface area (Å²) in [6, 6.07) is 9.75. The van der Waals surface area contributed by atoms with Gasteiger partial charge in [-0.05, 0) is 12.0 Å². The summed E-state index contributed by atoms with van der Waals surface area (Å²) in [6.45, 7) is 3.72. The van der Waals surface area contributed by atoms with E-state index in [1.165, 1.54) is 6.92 Å². The zero-order chi connectivity index (χ0) is 15.5. The van der Waals surface area contributed by atoms with E-state index in [0.29, 0.717) is 32.7 Å². The predicted molar refractivity (Wildman–Crippen MR) is 81.7 cm³/mol. The quantitative estimate of drug-likeness (QED) is 0.703. The molecule has 116 valence electrons. The van der Waals surface area contributed by atoms with Crippen molar-refractivity contribution in [3.63, 3.8) is 0 Å². The first-order valence-corrected chi connectivity index (χ1v) is 7.18. The number of benzene rings is 1. The fraction of sp³-hybridized carbons (Fsp3) is 0.500. The Balaban J connectivity index is 2.27. The summed E-state index contributed by atoms with van der Waals surface area (Å²) in [5.41, 5.74) is 1.06. The fourth-order valence-electron chi connectivity index (χ4n) is 1.95. The third kappa shape index (κ3) is 7.46. The first-order valence-electron chi connectivity index (χ1n) is 7.18. The second-order valence-corrected chi connectivity index (χ2v) is 4.86. The van der Waals surface area contributed by atoms with E-state index in [-0.39, 0.29) is 11.8 Å². The van der Waals surface area contributed by atoms with Crippen LogP contribution < -0.4 is 5.32 Å². The Bertz CT molecular complexity index is 434. The summed E-state index contributed by atoms with van der Waals surface area (Å²) in [4.78, 5) is 25.0. The minimum absolute atomic E-state index is 0.0121. The van der Waals surface area contributed by atoms with Crippen LogP contribution in [-0.2, 0) is 20.9 Å². The van der Waals surface area contributed by atoms with E-state index in [9.17, 15) is 9.59 Å². The van der Waals surface area contributed by atoms with E-state index in [1.54, 1.807) is 12.0 Å². The molecule has 0 heterocycles. The first-order chi connectivity index (χ1) is 10.1. The van der Waals surface area contributed by atoms with E-state index >= 15 is 0 Å². The van der Waals surface area contributed by atoms with Gasteiger partial charge in [0.1, 0.15) is 0 Å². The van der Waals surface area contributed by atoms with Crippen molar-refractivity contribution < 1.29 is 14.3 Å². The molecule has 0 unspecified atom stereocenters. The van der Waals surface area contributed by atoms with Crippen LogP contribution in [0.3, 0.4) is 0 Å². The standard InChI is InChI=1S/C16H24N2O3/c1-14(19)18(10-6-12-21-2)11-9-16(20)17-13-15-7-4-3-5-8-15/h3-5,7-8H,6,9-13H2,1-2H3,(H,17,20). The van der Waals surface area contributed by atoms with Crippen molar-refractivity contribution in [1.82, 2.24) is 10.2 Å². The van der Waals surface area contributed by atoms with Gasteiger partial charge >= 0.3 is 0 Å². The average Bonchev–Trinajstić information content (AvgIpc) is 2.49. The Kier molecular flexibility index (Phi) is 8.12. The Morgan fingerprint density at radius 1 is 1.19 bits per heavy atom. The van der Waals surface area contributed by atoms with Crippen molar-refractivity contribution in [2.24, 2.45) is 0 Å². The van der Waals surface area contributed by atoms with Crippen LogP contribution in [0.1, 0.15) is 25.3 Å². The molecule has 5 nitrogen and oxygen atoms in total. The van der Waals surface area contributed by atoms with Gasteiger partial charge in [-0.1, -0.05) is 30.3 Å². The molecule has 1 N–H and O–H groups in total. The third-order valence-electron chi connectivity index (χ3n) is 3.16. The molecule has 2 amide bonds. The van der Waals surface area contributed by atoms with Gasteiger partial charge < -0.3 is 15.0 Å². The molecule has 1 rings (SSSR count). The molecular formula is C16H24N2O3. The molecule has 0 aliphatic rings. The maximum atomic E-state index is 11.8. The maximum Gasteiger partial charge on any atom is 0.222 e. The summed E-state index contributed by atoms with van der Waals surface area (Å²) >= 11 is 0. The van der Waals surface area contributed by atoms with Crippen LogP contribution in [0.15, 0.2) is 30.3 Å². The van der Waals surface area contributed by atoms with Crippen LogP contribution in [0, 0.1) is 0 Å². The minimum Gasteiger partial charge on any atom is -0.385 e. The van der Waals surface area contributed by atoms with Gasteiger partial charge in [-0.25, -0.2) is 0 Å². The van der Waals surface area contributed by atoms with Crippen LogP contribution in [-0.4, -0.2) is 43.5 Å². The lowest BCUT2D eigenvalue weighted by atomic mass is 10.2. The number of amides is 2. The summed E-state index contributed by atoms with van der Waals surface area (Å²) in [5, 5.41) is 2.86. The largest absolute Gasteiger partial charge is 0.385 e. The van der Waals surface area contributed by atoms with Crippen molar-refractivity contribution in [1.29, 1.82) is 0 Å². The normalized spacial score (nSPS) is 10.2. The molecule has 0 fully saturated rings. The van der Waals surface area contributed by atoms with Crippen LogP contribution in [0.4, 0.5) is 0 Å². The van der Waals surface area contributed by atoms with Gasteiger partial charge in [-0.15, -0.1) is 0 Å². The first kappa shape index (κ1) is 17.2. The highest BCUT2D eigenvalue weighted by Crippen LogP contribution is 1.99. The molecule has 1 aromatic carbocycles. The number of ether oxygens (including phenoxy) is 1. The molecule has 21 heavy (non-hydrogen) atoms. The number of methoxy groups -OCH3 is 1. The van der Waals surface area contributed by atoms with Crippen LogP contribution in [0.2, 0.25) is 0 Å². The molecule has 0 atom stereocenters. The smallest absolute Gasteiger partial charge is 0.222 e. The van der Waals surface area contributed by atoms with Crippen molar-refractivity contribution >= 4 is 11.8 Å². The topological polar surface area (TPSA) is 58.6 Å². The third-order valence-corrected chi connectivity index (χ3v) is 3.16. The van der Waals surface area contributed by atoms with E-state index in [0.717, 1.165) is 12.0 Å². The summed E-state index contributed by atoms with van der Waals surface area (Å²) in [6.07, 6.45) is 1.10. The summed E-state index contributed by atoms with van der Waals surface area (Å²) in [5.74, 6) is -0.0567. The number of rotatable bonds is 9. The van der Waals surface area contributed by atoms with E-state index < -0.39 is 0 Å². The van der Waals surface area contributed by atoms with Gasteiger partial charge in [0.15, 0.2) is 0 Å². The Morgan fingerprint density at radius 3 is 2.52 bits per heavy atom. The lowest BCUT2D eigenvalue weighted by Gasteiger charge is -2.20. The molecule has 0 saturated carbocycles. The van der Waals surface area contributed by atoms with Crippen LogP contribution >= 0.6 is 0 Å². The van der Waals surface area contributed by atoms with Gasteiger partial charge in [-0.2, -0.15) is 0 Å². The zero-order valence-electron chi connectivity index (χ0n) is 12.8. The van der Waals surface area contributed by atoms with Gasteiger partial charge in [0.2, 0.25) is 11.8 Å². The lowest BCUT2D eigenvalue weighted by Crippen LogP contribution is -2.34. The number of nitrogens with zero attached hydrogens (tertiary/aromatic N) is 1. The minimum atomic E-state index is -0.0446. The monoisotopic (exact) mass is 292 g/mol. The molecule has 0 bridgehead atoms. The van der Waals surface area contributed by atoms with Crippen LogP contribution in [0.5, 0.6) is 0 Å². The molecule has 0 saturated heterocycles. The summed E-state index contributed by atoms with van der Waals surface area (Å²) in [7, 11) is 1.63. The number of hydrogen-bond acceptors (Lipinski definition) is 3. The molecule has 0 spiro atoms. The number of carbonyl (C=O) groups excluding carboxylic acids is 2. The van der Waals surface area contributed by atoms with E-state index in [1.807, 2.05) is 30.3 Å². The number of hydrogen-bond donors (Lipinski definition) is 1. The zero-order valence-corrected chi connectivity index (χ0v) is 12.8. The fourth-order valence-corrected chi connectivity index (χ4v) is 1.95. The van der Waals surface area contributed by atoms with Crippen molar-refractivity contribution in [3.8, 4) is 0 Å². The predicted octanol–water partition coefficient (Wildman–Crippen LogP) is 1.58. The number of carbonyl (C=O) groups is 2. The second-order valence-electron chi connectivity index (χ2n) is 4.86. The Morgan fingerprint density at radius 2 is 1.90 bits per heavy atom. The van der Waals surface area contributed by atoms with Crippen molar-refractivity contribution in [2.75, 3.05) is 26.8 Å². The van der Waals surface area contributed by atoms with Gasteiger partial charge in [-0.3, -0.25) is 9.59 Å². The Hall–Kier alpha value is -1.88. The SMILES string of the molecule is COCCCN(CCC(=O)NCc1ccccc1)C(C)=O. The van der Waals surface area contributed by atoms with Gasteiger partial charge in [0, 0.05) is 46.7 Å². The van der Waals surface area contributed by atoms with Gasteiger partial charge in [0.05, 0.1) is 0 Å². The Labute approximate surface area is 126 Å². The average molecular weight is 292 g/mol. The second kappa shape index (κ2) is 9.94. The van der Waals surface area contributed by atoms with Crippen molar-refractivity contribution in [3.05, 3.63) is 35.9 Å². The molecule has 0 radical (unpaired) electrons. The van der Waals surface area contributed by atoms with E-state index in [2.05, 4.69) is 5.32 Å². The molecule has 0 aliphatic carbocycles. The van der Waals surface area contributed by atoms with Crippen LogP contribution in [0.25, 0.3) is 0 Å². The highest BCUT2D eigenvalue weighted by Gasteiger charge is 2.10. The lowest BCUT2D eigenvalue weighted by molar-refractivity contribution is -0.129. The van der Waals surface area contributed by atoms with E-state index in [4.69, 9.17) is 4.74 Å². The van der Waals surface area contributed by atoms with Crippen molar-refractivity contribution in [2.45, 2.75) is 26.3 Å². The highest BCUT2D eigenvalue weighted by molar-refractivity contribution is 5.78. The van der Waals surface area contributed by atoms with Gasteiger partial charge in [0.25, 0.3) is 0 Å². The molecule has 0 aromatic heterocycles. The highest BCUT2D eigenvalue weighted by atomic mass is 16.5. The molecular weight excluding hydrogens is 268 g/mol. The molecule has 1 aromatic rings. The number of nitrogens with one attached hydrogen (secondary N) is 1. The molecule has 0 aliphatic heterocycles. The molecule has 5 heteroatoms.